The minimum atomic E-state index is -0.198. The molecule has 1 aliphatic rings. The minimum Gasteiger partial charge on any atom is -0.478 e. The number of carbonyl (C=O) groups is 1. The van der Waals surface area contributed by atoms with Gasteiger partial charge in [-0.3, -0.25) is 9.69 Å². The first-order valence-corrected chi connectivity index (χ1v) is 6.37. The number of benzene rings is 1. The predicted octanol–water partition coefficient (Wildman–Crippen LogP) is 0.936. The third-order valence-electron chi connectivity index (χ3n) is 3.18. The van der Waals surface area contributed by atoms with E-state index in [1.165, 1.54) is 7.11 Å². The monoisotopic (exact) mass is 265 g/mol. The molecule has 0 radical (unpaired) electrons. The molecule has 1 N–H and O–H groups in total. The van der Waals surface area contributed by atoms with Crippen molar-refractivity contribution < 1.29 is 19.4 Å². The first-order chi connectivity index (χ1) is 9.22. The van der Waals surface area contributed by atoms with E-state index in [9.17, 15) is 4.79 Å². The Kier molecular flexibility index (Phi) is 4.76. The molecule has 5 heteroatoms. The van der Waals surface area contributed by atoms with Crippen LogP contribution in [0.3, 0.4) is 0 Å². The lowest BCUT2D eigenvalue weighted by atomic mass is 10.0. The largest absolute Gasteiger partial charge is 0.478 e. The molecule has 0 unspecified atom stereocenters. The van der Waals surface area contributed by atoms with Gasteiger partial charge in [0.1, 0.15) is 12.5 Å². The molecule has 19 heavy (non-hydrogen) atoms. The minimum absolute atomic E-state index is 0.126. The number of hydrogen-bond donors (Lipinski definition) is 1. The number of methoxy groups -OCH3 is 1. The second kappa shape index (κ2) is 6.54. The summed E-state index contributed by atoms with van der Waals surface area (Å²) in [7, 11) is 1.40. The van der Waals surface area contributed by atoms with E-state index < -0.39 is 0 Å². The van der Waals surface area contributed by atoms with Gasteiger partial charge in [0.2, 0.25) is 0 Å². The molecule has 1 heterocycles. The maximum atomic E-state index is 11.1. The van der Waals surface area contributed by atoms with E-state index in [1.807, 2.05) is 17.0 Å². The van der Waals surface area contributed by atoms with Crippen LogP contribution in [-0.4, -0.2) is 43.0 Å². The number of fused-ring (bicyclic) bond motifs is 1. The Bertz CT molecular complexity index is 447. The second-order valence-corrected chi connectivity index (χ2v) is 4.57. The number of nitrogens with zero attached hydrogens (tertiary/aromatic N) is 1. The molecule has 0 aromatic heterocycles. The molecule has 1 aliphatic heterocycles. The van der Waals surface area contributed by atoms with E-state index in [4.69, 9.17) is 9.84 Å². The lowest BCUT2D eigenvalue weighted by Gasteiger charge is -2.28. The van der Waals surface area contributed by atoms with Gasteiger partial charge in [0, 0.05) is 25.1 Å². The van der Waals surface area contributed by atoms with Crippen LogP contribution in [0.25, 0.3) is 0 Å². The van der Waals surface area contributed by atoms with Crippen molar-refractivity contribution >= 4 is 5.97 Å². The summed E-state index contributed by atoms with van der Waals surface area (Å²) in [6.07, 6.45) is 1.05. The molecule has 1 aromatic carbocycles. The van der Waals surface area contributed by atoms with E-state index in [-0.39, 0.29) is 12.6 Å². The van der Waals surface area contributed by atoms with Crippen molar-refractivity contribution in [3.8, 4) is 5.75 Å². The predicted molar refractivity (Wildman–Crippen MR) is 69.8 cm³/mol. The molecular weight excluding hydrogens is 246 g/mol. The van der Waals surface area contributed by atoms with E-state index in [0.29, 0.717) is 26.1 Å². The summed E-state index contributed by atoms with van der Waals surface area (Å²) < 4.78 is 10.2. The van der Waals surface area contributed by atoms with Crippen molar-refractivity contribution in [1.29, 1.82) is 0 Å². The average Bonchev–Trinajstić information content (AvgIpc) is 2.44. The molecule has 0 aliphatic carbocycles. The highest BCUT2D eigenvalue weighted by atomic mass is 16.5. The van der Waals surface area contributed by atoms with Crippen molar-refractivity contribution in [2.24, 2.45) is 0 Å². The van der Waals surface area contributed by atoms with Gasteiger partial charge >= 0.3 is 5.97 Å². The van der Waals surface area contributed by atoms with Crippen LogP contribution < -0.4 is 4.74 Å². The SMILES string of the molecule is COC(=O)CCc1ccc2c(c1)CN(CCO)CO2. The standard InChI is InChI=1S/C14H19NO4/c1-18-14(17)5-3-11-2-4-13-12(8-11)9-15(6-7-16)10-19-13/h2,4,8,16H,3,5-7,9-10H2,1H3. The van der Waals surface area contributed by atoms with Gasteiger partial charge in [0.15, 0.2) is 0 Å². The number of carbonyl (C=O) groups excluding carboxylic acids is 1. The zero-order chi connectivity index (χ0) is 13.7. The topological polar surface area (TPSA) is 59.0 Å². The Morgan fingerprint density at radius 2 is 2.37 bits per heavy atom. The Hall–Kier alpha value is -1.59. The molecule has 5 nitrogen and oxygen atoms in total. The van der Waals surface area contributed by atoms with Crippen molar-refractivity contribution in [3.05, 3.63) is 29.3 Å². The van der Waals surface area contributed by atoms with Crippen molar-refractivity contribution in [1.82, 2.24) is 4.90 Å². The Morgan fingerprint density at radius 1 is 1.53 bits per heavy atom. The molecule has 0 amide bonds. The maximum Gasteiger partial charge on any atom is 0.305 e. The smallest absolute Gasteiger partial charge is 0.305 e. The van der Waals surface area contributed by atoms with Gasteiger partial charge in [-0.05, 0) is 18.1 Å². The first-order valence-electron chi connectivity index (χ1n) is 6.37. The third kappa shape index (κ3) is 3.68. The second-order valence-electron chi connectivity index (χ2n) is 4.57. The number of rotatable bonds is 5. The van der Waals surface area contributed by atoms with Crippen molar-refractivity contribution in [3.63, 3.8) is 0 Å². The van der Waals surface area contributed by atoms with E-state index >= 15 is 0 Å². The molecule has 0 fully saturated rings. The van der Waals surface area contributed by atoms with Crippen LogP contribution in [0.4, 0.5) is 0 Å². The highest BCUT2D eigenvalue weighted by Gasteiger charge is 2.17. The number of aliphatic hydroxyl groups is 1. The van der Waals surface area contributed by atoms with Crippen LogP contribution in [0.15, 0.2) is 18.2 Å². The Labute approximate surface area is 112 Å². The number of esters is 1. The molecule has 0 atom stereocenters. The van der Waals surface area contributed by atoms with Crippen LogP contribution in [-0.2, 0) is 22.5 Å². The van der Waals surface area contributed by atoms with Crippen LogP contribution in [0.5, 0.6) is 5.75 Å². The Morgan fingerprint density at radius 3 is 3.11 bits per heavy atom. The van der Waals surface area contributed by atoms with E-state index in [0.717, 1.165) is 23.4 Å². The zero-order valence-corrected chi connectivity index (χ0v) is 11.1. The van der Waals surface area contributed by atoms with Gasteiger partial charge < -0.3 is 14.6 Å². The molecule has 0 bridgehead atoms. The lowest BCUT2D eigenvalue weighted by Crippen LogP contribution is -2.34. The summed E-state index contributed by atoms with van der Waals surface area (Å²) in [4.78, 5) is 13.2. The summed E-state index contributed by atoms with van der Waals surface area (Å²) >= 11 is 0. The van der Waals surface area contributed by atoms with Crippen LogP contribution >= 0.6 is 0 Å². The summed E-state index contributed by atoms with van der Waals surface area (Å²) in [6.45, 7) is 2.00. The zero-order valence-electron chi connectivity index (χ0n) is 11.1. The quantitative estimate of drug-likeness (QED) is 0.803. The van der Waals surface area contributed by atoms with Crippen molar-refractivity contribution in [2.45, 2.75) is 19.4 Å². The van der Waals surface area contributed by atoms with Crippen LogP contribution in [0.1, 0.15) is 17.5 Å². The fraction of sp³-hybridized carbons (Fsp3) is 0.500. The average molecular weight is 265 g/mol. The number of β-amino-alcohol motifs (C(OH)–C–C–N with tert-alkyl or cyclic N) is 1. The summed E-state index contributed by atoms with van der Waals surface area (Å²) in [5, 5.41) is 8.94. The van der Waals surface area contributed by atoms with E-state index in [2.05, 4.69) is 10.8 Å². The fourth-order valence-corrected chi connectivity index (χ4v) is 2.13. The summed E-state index contributed by atoms with van der Waals surface area (Å²) in [6, 6.07) is 5.98. The highest BCUT2D eigenvalue weighted by Crippen LogP contribution is 2.26. The lowest BCUT2D eigenvalue weighted by molar-refractivity contribution is -0.140. The van der Waals surface area contributed by atoms with Crippen LogP contribution in [0.2, 0.25) is 0 Å². The van der Waals surface area contributed by atoms with Gasteiger partial charge in [-0.25, -0.2) is 0 Å². The van der Waals surface area contributed by atoms with E-state index in [1.54, 1.807) is 0 Å². The molecular formula is C14H19NO4. The fourth-order valence-electron chi connectivity index (χ4n) is 2.13. The highest BCUT2D eigenvalue weighted by molar-refractivity contribution is 5.69. The van der Waals surface area contributed by atoms with Gasteiger partial charge in [-0.15, -0.1) is 0 Å². The van der Waals surface area contributed by atoms with Gasteiger partial charge in [0.25, 0.3) is 0 Å². The number of hydrogen-bond acceptors (Lipinski definition) is 5. The van der Waals surface area contributed by atoms with Gasteiger partial charge in [0.05, 0.1) is 13.7 Å². The normalized spacial score (nSPS) is 14.6. The number of aryl methyl sites for hydroxylation is 1. The van der Waals surface area contributed by atoms with Crippen molar-refractivity contribution in [2.75, 3.05) is 27.0 Å². The molecule has 0 spiro atoms. The molecule has 0 saturated carbocycles. The number of ether oxygens (including phenoxy) is 2. The first kappa shape index (κ1) is 13.8. The summed E-state index contributed by atoms with van der Waals surface area (Å²) in [5.74, 6) is 0.687. The molecule has 2 rings (SSSR count). The maximum absolute atomic E-state index is 11.1. The molecule has 1 aromatic rings. The Balaban J connectivity index is 2.01. The molecule has 104 valence electrons. The van der Waals surface area contributed by atoms with Crippen LogP contribution in [0, 0.1) is 0 Å². The third-order valence-corrected chi connectivity index (χ3v) is 3.18. The molecule has 0 saturated heterocycles. The number of aliphatic hydroxyl groups excluding tert-OH is 1. The van der Waals surface area contributed by atoms with Gasteiger partial charge in [-0.2, -0.15) is 0 Å². The van der Waals surface area contributed by atoms with Gasteiger partial charge in [-0.1, -0.05) is 12.1 Å². The summed E-state index contributed by atoms with van der Waals surface area (Å²) in [5.41, 5.74) is 2.20.